The van der Waals surface area contributed by atoms with Crippen LogP contribution in [0.2, 0.25) is 0 Å². The molecule has 2 N–H and O–H groups in total. The van der Waals surface area contributed by atoms with Crippen molar-refractivity contribution >= 4 is 23.7 Å². The van der Waals surface area contributed by atoms with E-state index in [1.54, 1.807) is 0 Å². The third kappa shape index (κ3) is 4.35. The van der Waals surface area contributed by atoms with Gasteiger partial charge in [0.25, 0.3) is 0 Å². The fraction of sp³-hybridized carbons (Fsp3) is 0.125. The van der Waals surface area contributed by atoms with E-state index in [2.05, 4.69) is 0 Å². The number of carbonyl (C=O) groups is 2. The maximum Gasteiger partial charge on any atom is 0.418 e. The van der Waals surface area contributed by atoms with Crippen LogP contribution in [0.4, 0.5) is 26.3 Å². The molecule has 0 aromatic heterocycles. The first-order chi connectivity index (χ1) is 12.3. The summed E-state index contributed by atoms with van der Waals surface area (Å²) < 4.78 is 79.9. The van der Waals surface area contributed by atoms with Gasteiger partial charge in [-0.1, -0.05) is 23.9 Å². The number of carboxylic acids is 2. The van der Waals surface area contributed by atoms with Crippen molar-refractivity contribution in [1.82, 2.24) is 0 Å². The number of carboxylic acid groups (broad SMARTS) is 2. The number of alkyl halides is 6. The highest BCUT2D eigenvalue weighted by molar-refractivity contribution is 7.99. The van der Waals surface area contributed by atoms with Crippen LogP contribution in [-0.2, 0) is 12.4 Å². The molecule has 0 aliphatic rings. The molecule has 0 bridgehead atoms. The number of hydrogen-bond acceptors (Lipinski definition) is 3. The van der Waals surface area contributed by atoms with E-state index in [-0.39, 0.29) is 11.8 Å². The Hall–Kier alpha value is -2.69. The first-order valence-electron chi connectivity index (χ1n) is 6.89. The lowest BCUT2D eigenvalue weighted by molar-refractivity contribution is -0.140. The highest BCUT2D eigenvalue weighted by Gasteiger charge is 2.41. The molecule has 0 heterocycles. The van der Waals surface area contributed by atoms with Crippen molar-refractivity contribution in [2.75, 3.05) is 0 Å². The zero-order chi connectivity index (χ0) is 20.6. The lowest BCUT2D eigenvalue weighted by Gasteiger charge is -2.18. The van der Waals surface area contributed by atoms with Gasteiger partial charge in [-0.3, -0.25) is 0 Å². The molecule has 0 spiro atoms. The third-order valence-electron chi connectivity index (χ3n) is 3.30. The second kappa shape index (κ2) is 7.14. The summed E-state index contributed by atoms with van der Waals surface area (Å²) in [6.07, 6.45) is -10.3. The van der Waals surface area contributed by atoms with Crippen LogP contribution < -0.4 is 0 Å². The molecule has 0 aliphatic carbocycles. The molecule has 0 atom stereocenters. The summed E-state index contributed by atoms with van der Waals surface area (Å²) in [6.45, 7) is 0. The lowest BCUT2D eigenvalue weighted by atomic mass is 10.1. The second-order valence-electron chi connectivity index (χ2n) is 5.07. The predicted molar refractivity (Wildman–Crippen MR) is 80.9 cm³/mol. The van der Waals surface area contributed by atoms with Gasteiger partial charge >= 0.3 is 24.3 Å². The molecular formula is C16H8F6O4S. The van der Waals surface area contributed by atoms with E-state index in [0.717, 1.165) is 24.3 Å². The Morgan fingerprint density at radius 2 is 1.04 bits per heavy atom. The van der Waals surface area contributed by atoms with E-state index in [4.69, 9.17) is 10.2 Å². The fourth-order valence-corrected chi connectivity index (χ4v) is 3.48. The van der Waals surface area contributed by atoms with Gasteiger partial charge in [0.15, 0.2) is 0 Å². The first kappa shape index (κ1) is 20.6. The molecule has 0 amide bonds. The molecule has 0 fully saturated rings. The number of aromatic carboxylic acids is 2. The molecule has 0 saturated heterocycles. The van der Waals surface area contributed by atoms with E-state index in [1.165, 1.54) is 0 Å². The quantitative estimate of drug-likeness (QED) is 0.672. The molecule has 0 aliphatic heterocycles. The number of benzene rings is 2. The van der Waals surface area contributed by atoms with Gasteiger partial charge < -0.3 is 10.2 Å². The van der Waals surface area contributed by atoms with Gasteiger partial charge in [-0.15, -0.1) is 0 Å². The van der Waals surface area contributed by atoms with Gasteiger partial charge in [0.1, 0.15) is 0 Å². The summed E-state index contributed by atoms with van der Waals surface area (Å²) >= 11 is -0.00894. The van der Waals surface area contributed by atoms with Crippen molar-refractivity contribution in [3.05, 3.63) is 58.7 Å². The minimum atomic E-state index is -5.15. The average molecular weight is 410 g/mol. The van der Waals surface area contributed by atoms with E-state index in [9.17, 15) is 35.9 Å². The summed E-state index contributed by atoms with van der Waals surface area (Å²) in [4.78, 5) is 20.6. The predicted octanol–water partition coefficient (Wildman–Crippen LogP) is 5.27. The van der Waals surface area contributed by atoms with Crippen LogP contribution in [0.15, 0.2) is 46.2 Å². The number of hydrogen-bond donors (Lipinski definition) is 2. The highest BCUT2D eigenvalue weighted by Crippen LogP contribution is 2.46. The van der Waals surface area contributed by atoms with Gasteiger partial charge in [-0.25, -0.2) is 9.59 Å². The van der Waals surface area contributed by atoms with Crippen molar-refractivity contribution in [1.29, 1.82) is 0 Å². The smallest absolute Gasteiger partial charge is 0.418 e. The molecule has 2 aromatic carbocycles. The van der Waals surface area contributed by atoms with Crippen molar-refractivity contribution in [3.63, 3.8) is 0 Å². The molecule has 27 heavy (non-hydrogen) atoms. The minimum absolute atomic E-state index is 0.00894. The lowest BCUT2D eigenvalue weighted by Crippen LogP contribution is -2.16. The largest absolute Gasteiger partial charge is 0.478 e. The Morgan fingerprint density at radius 3 is 1.30 bits per heavy atom. The molecule has 0 unspecified atom stereocenters. The molecule has 0 radical (unpaired) electrons. The SMILES string of the molecule is O=C(O)c1cccc(Sc2cccc(C(=O)O)c2C(F)(F)F)c1C(F)(F)F. The van der Waals surface area contributed by atoms with Crippen LogP contribution in [0, 0.1) is 0 Å². The standard InChI is InChI=1S/C16H8F6O4S/c17-15(18,19)11-7(13(23)24)3-1-5-9(11)27-10-6-2-4-8(14(25)26)12(10)16(20,21)22/h1-6H,(H,23,24)(H,25,26). The highest BCUT2D eigenvalue weighted by atomic mass is 32.2. The Labute approximate surface area is 151 Å². The zero-order valence-electron chi connectivity index (χ0n) is 12.9. The molecule has 144 valence electrons. The Kier molecular flexibility index (Phi) is 5.45. The number of halogens is 6. The van der Waals surface area contributed by atoms with Crippen LogP contribution in [-0.4, -0.2) is 22.2 Å². The first-order valence-corrected chi connectivity index (χ1v) is 7.70. The van der Waals surface area contributed by atoms with Crippen LogP contribution in [0.3, 0.4) is 0 Å². The maximum atomic E-state index is 13.3. The van der Waals surface area contributed by atoms with Crippen molar-refractivity contribution in [2.24, 2.45) is 0 Å². The Morgan fingerprint density at radius 1 is 0.704 bits per heavy atom. The number of rotatable bonds is 4. The summed E-state index contributed by atoms with van der Waals surface area (Å²) in [5, 5.41) is 17.9. The molecule has 11 heteroatoms. The molecular weight excluding hydrogens is 402 g/mol. The van der Waals surface area contributed by atoms with Crippen molar-refractivity contribution in [2.45, 2.75) is 22.1 Å². The summed E-state index contributed by atoms with van der Waals surface area (Å²) in [5.74, 6) is -3.81. The van der Waals surface area contributed by atoms with Gasteiger partial charge in [-0.05, 0) is 24.3 Å². The average Bonchev–Trinajstić information content (AvgIpc) is 2.52. The third-order valence-corrected chi connectivity index (χ3v) is 4.42. The van der Waals surface area contributed by atoms with Gasteiger partial charge in [0, 0.05) is 9.79 Å². The van der Waals surface area contributed by atoms with Gasteiger partial charge in [0.05, 0.1) is 22.3 Å². The fourth-order valence-electron chi connectivity index (χ4n) is 2.29. The topological polar surface area (TPSA) is 74.6 Å². The molecule has 2 rings (SSSR count). The van der Waals surface area contributed by atoms with Gasteiger partial charge in [0.2, 0.25) is 0 Å². The van der Waals surface area contributed by atoms with Crippen LogP contribution in [0.5, 0.6) is 0 Å². The van der Waals surface area contributed by atoms with E-state index in [1.807, 2.05) is 0 Å². The van der Waals surface area contributed by atoms with E-state index >= 15 is 0 Å². The minimum Gasteiger partial charge on any atom is -0.478 e. The van der Waals surface area contributed by atoms with Crippen LogP contribution >= 0.6 is 11.8 Å². The van der Waals surface area contributed by atoms with Crippen LogP contribution in [0.25, 0.3) is 0 Å². The van der Waals surface area contributed by atoms with Crippen molar-refractivity contribution < 1.29 is 46.1 Å². The summed E-state index contributed by atoms with van der Waals surface area (Å²) in [6, 6.07) is 4.88. The normalized spacial score (nSPS) is 12.1. The Balaban J connectivity index is 2.73. The molecule has 2 aromatic rings. The maximum absolute atomic E-state index is 13.3. The molecule has 0 saturated carbocycles. The second-order valence-corrected chi connectivity index (χ2v) is 6.15. The monoisotopic (exact) mass is 410 g/mol. The molecule has 4 nitrogen and oxygen atoms in total. The van der Waals surface area contributed by atoms with Crippen molar-refractivity contribution in [3.8, 4) is 0 Å². The van der Waals surface area contributed by atoms with E-state index < -0.39 is 56.3 Å². The van der Waals surface area contributed by atoms with Crippen LogP contribution in [0.1, 0.15) is 31.8 Å². The Bertz CT molecular complexity index is 831. The van der Waals surface area contributed by atoms with E-state index in [0.29, 0.717) is 12.1 Å². The summed E-state index contributed by atoms with van der Waals surface area (Å²) in [7, 11) is 0. The zero-order valence-corrected chi connectivity index (χ0v) is 13.7. The van der Waals surface area contributed by atoms with Gasteiger partial charge in [-0.2, -0.15) is 26.3 Å². The summed E-state index contributed by atoms with van der Waals surface area (Å²) in [5.41, 5.74) is -5.49.